The first-order valence-electron chi connectivity index (χ1n) is 23.1. The standard InChI is InChI=1S/C47H91NO6/c1-9-11-13-21-28-42(27-20-12-10-2)35-38-52-45(49)31-24-18-14-16-22-29-43(47(51)53-37-26-36-48(7)8)30-23-17-15-19-25-32-46(50)54-39-44(41(5)6)34-33-40(3)4/h40-44H,9-39H2,1-8H3. The van der Waals surface area contributed by atoms with E-state index in [1.165, 1.54) is 64.2 Å². The molecule has 0 aliphatic heterocycles. The fraction of sp³-hybridized carbons (Fsp3) is 0.936. The lowest BCUT2D eigenvalue weighted by Gasteiger charge is -2.21. The van der Waals surface area contributed by atoms with Crippen molar-refractivity contribution in [2.75, 3.05) is 40.5 Å². The maximum absolute atomic E-state index is 13.0. The normalized spacial score (nSPS) is 13.4. The Morgan fingerprint density at radius 1 is 0.500 bits per heavy atom. The molecule has 0 amide bonds. The molecule has 3 atom stereocenters. The summed E-state index contributed by atoms with van der Waals surface area (Å²) >= 11 is 0. The molecular weight excluding hydrogens is 675 g/mol. The summed E-state index contributed by atoms with van der Waals surface area (Å²) < 4.78 is 17.0. The highest BCUT2D eigenvalue weighted by Gasteiger charge is 2.20. The van der Waals surface area contributed by atoms with E-state index in [2.05, 4.69) is 46.4 Å². The minimum absolute atomic E-state index is 0.0408. The van der Waals surface area contributed by atoms with Gasteiger partial charge in [0.05, 0.1) is 25.7 Å². The Kier molecular flexibility index (Phi) is 35.9. The maximum atomic E-state index is 13.0. The molecular formula is C47H91NO6. The summed E-state index contributed by atoms with van der Waals surface area (Å²) in [6, 6.07) is 0. The van der Waals surface area contributed by atoms with Crippen LogP contribution in [0.5, 0.6) is 0 Å². The molecule has 320 valence electrons. The Morgan fingerprint density at radius 3 is 1.56 bits per heavy atom. The van der Waals surface area contributed by atoms with Gasteiger partial charge < -0.3 is 19.1 Å². The van der Waals surface area contributed by atoms with Crippen molar-refractivity contribution in [3.8, 4) is 0 Å². The molecule has 0 bridgehead atoms. The predicted octanol–water partition coefficient (Wildman–Crippen LogP) is 12.9. The van der Waals surface area contributed by atoms with Gasteiger partial charge in [0.15, 0.2) is 0 Å². The van der Waals surface area contributed by atoms with Crippen LogP contribution in [0.15, 0.2) is 0 Å². The summed E-state index contributed by atoms with van der Waals surface area (Å²) in [7, 11) is 4.07. The van der Waals surface area contributed by atoms with Crippen LogP contribution in [0.3, 0.4) is 0 Å². The van der Waals surface area contributed by atoms with E-state index in [1.54, 1.807) is 0 Å². The Hall–Kier alpha value is -1.63. The summed E-state index contributed by atoms with van der Waals surface area (Å²) in [5, 5.41) is 0. The summed E-state index contributed by atoms with van der Waals surface area (Å²) in [5.74, 6) is 2.14. The predicted molar refractivity (Wildman–Crippen MR) is 228 cm³/mol. The summed E-state index contributed by atoms with van der Waals surface area (Å²) in [4.78, 5) is 39.9. The molecule has 0 rings (SSSR count). The van der Waals surface area contributed by atoms with Gasteiger partial charge in [-0.25, -0.2) is 0 Å². The van der Waals surface area contributed by atoms with E-state index in [4.69, 9.17) is 14.2 Å². The first-order valence-corrected chi connectivity index (χ1v) is 23.1. The van der Waals surface area contributed by atoms with Crippen LogP contribution in [-0.4, -0.2) is 63.3 Å². The fourth-order valence-corrected chi connectivity index (χ4v) is 7.25. The SMILES string of the molecule is CCCCCCC(CCCCC)CCOC(=O)CCCCCCCC(CCCCCCCC(=O)OCC(CCC(C)C)C(C)C)C(=O)OCCCN(C)C. The molecule has 0 radical (unpaired) electrons. The Bertz CT molecular complexity index is 874. The van der Waals surface area contributed by atoms with E-state index in [0.717, 1.165) is 103 Å². The minimum Gasteiger partial charge on any atom is -0.466 e. The number of esters is 3. The number of rotatable bonds is 39. The van der Waals surface area contributed by atoms with Crippen molar-refractivity contribution >= 4 is 17.9 Å². The molecule has 0 saturated heterocycles. The van der Waals surface area contributed by atoms with Crippen LogP contribution in [0.4, 0.5) is 0 Å². The Morgan fingerprint density at radius 2 is 1.00 bits per heavy atom. The van der Waals surface area contributed by atoms with Gasteiger partial charge in [-0.1, -0.05) is 157 Å². The number of nitrogens with zero attached hydrogens (tertiary/aromatic N) is 1. The molecule has 7 heteroatoms. The highest BCUT2D eigenvalue weighted by Crippen LogP contribution is 2.24. The molecule has 0 aliphatic rings. The van der Waals surface area contributed by atoms with Gasteiger partial charge in [0, 0.05) is 19.4 Å². The zero-order chi connectivity index (χ0) is 40.2. The second-order valence-corrected chi connectivity index (χ2v) is 17.5. The molecule has 7 nitrogen and oxygen atoms in total. The fourth-order valence-electron chi connectivity index (χ4n) is 7.25. The van der Waals surface area contributed by atoms with Crippen LogP contribution in [0, 0.1) is 29.6 Å². The van der Waals surface area contributed by atoms with E-state index in [1.807, 2.05) is 14.1 Å². The lowest BCUT2D eigenvalue weighted by molar-refractivity contribution is -0.149. The lowest BCUT2D eigenvalue weighted by atomic mass is 9.89. The topological polar surface area (TPSA) is 82.1 Å². The Balaban J connectivity index is 4.38. The van der Waals surface area contributed by atoms with Crippen LogP contribution in [0.2, 0.25) is 0 Å². The molecule has 0 heterocycles. The second-order valence-electron chi connectivity index (χ2n) is 17.5. The number of carbonyl (C=O) groups excluding carboxylic acids is 3. The van der Waals surface area contributed by atoms with Crippen molar-refractivity contribution in [2.45, 2.75) is 215 Å². The smallest absolute Gasteiger partial charge is 0.308 e. The number of hydrogen-bond donors (Lipinski definition) is 0. The molecule has 0 aromatic rings. The van der Waals surface area contributed by atoms with Crippen molar-refractivity contribution in [2.24, 2.45) is 29.6 Å². The number of unbranched alkanes of at least 4 members (excludes halogenated alkanes) is 13. The molecule has 0 fully saturated rings. The van der Waals surface area contributed by atoms with Crippen LogP contribution >= 0.6 is 0 Å². The van der Waals surface area contributed by atoms with Crippen molar-refractivity contribution in [1.29, 1.82) is 0 Å². The highest BCUT2D eigenvalue weighted by atomic mass is 16.5. The van der Waals surface area contributed by atoms with Crippen LogP contribution in [0.25, 0.3) is 0 Å². The zero-order valence-electron chi connectivity index (χ0n) is 37.2. The molecule has 0 spiro atoms. The monoisotopic (exact) mass is 766 g/mol. The van der Waals surface area contributed by atoms with Gasteiger partial charge in [-0.2, -0.15) is 0 Å². The van der Waals surface area contributed by atoms with E-state index in [9.17, 15) is 14.4 Å². The van der Waals surface area contributed by atoms with Crippen LogP contribution < -0.4 is 0 Å². The lowest BCUT2D eigenvalue weighted by Crippen LogP contribution is -2.21. The van der Waals surface area contributed by atoms with Crippen molar-refractivity contribution in [3.63, 3.8) is 0 Å². The average molecular weight is 766 g/mol. The molecule has 3 unspecified atom stereocenters. The number of hydrogen-bond acceptors (Lipinski definition) is 7. The zero-order valence-corrected chi connectivity index (χ0v) is 37.2. The van der Waals surface area contributed by atoms with Crippen molar-refractivity contribution in [1.82, 2.24) is 4.90 Å². The van der Waals surface area contributed by atoms with Gasteiger partial charge >= 0.3 is 17.9 Å². The molecule has 0 aromatic heterocycles. The molecule has 0 N–H and O–H groups in total. The van der Waals surface area contributed by atoms with E-state index in [-0.39, 0.29) is 23.8 Å². The van der Waals surface area contributed by atoms with Crippen molar-refractivity contribution in [3.05, 3.63) is 0 Å². The van der Waals surface area contributed by atoms with Gasteiger partial charge in [0.25, 0.3) is 0 Å². The van der Waals surface area contributed by atoms with Gasteiger partial charge in [-0.05, 0) is 82.7 Å². The summed E-state index contributed by atoms with van der Waals surface area (Å²) in [6.45, 7) is 16.0. The van der Waals surface area contributed by atoms with E-state index >= 15 is 0 Å². The van der Waals surface area contributed by atoms with Crippen molar-refractivity contribution < 1.29 is 28.6 Å². The van der Waals surface area contributed by atoms with Gasteiger partial charge in [-0.3, -0.25) is 14.4 Å². The van der Waals surface area contributed by atoms with Gasteiger partial charge in [0.2, 0.25) is 0 Å². The summed E-state index contributed by atoms with van der Waals surface area (Å²) in [5.41, 5.74) is 0. The second kappa shape index (κ2) is 37.0. The third kappa shape index (κ3) is 33.7. The van der Waals surface area contributed by atoms with E-state index in [0.29, 0.717) is 56.3 Å². The number of ether oxygens (including phenoxy) is 3. The highest BCUT2D eigenvalue weighted by molar-refractivity contribution is 5.72. The third-order valence-corrected chi connectivity index (χ3v) is 11.2. The van der Waals surface area contributed by atoms with Crippen LogP contribution in [0.1, 0.15) is 215 Å². The third-order valence-electron chi connectivity index (χ3n) is 11.2. The quantitative estimate of drug-likeness (QED) is 0.0350. The Labute approximate surface area is 335 Å². The molecule has 0 aromatic carbocycles. The number of carbonyl (C=O) groups is 3. The molecule has 0 saturated carbocycles. The average Bonchev–Trinajstić information content (AvgIpc) is 3.12. The molecule has 0 aliphatic carbocycles. The maximum Gasteiger partial charge on any atom is 0.308 e. The van der Waals surface area contributed by atoms with E-state index < -0.39 is 0 Å². The largest absolute Gasteiger partial charge is 0.466 e. The minimum atomic E-state index is -0.0628. The summed E-state index contributed by atoms with van der Waals surface area (Å²) in [6.07, 6.45) is 28.6. The van der Waals surface area contributed by atoms with Gasteiger partial charge in [0.1, 0.15) is 0 Å². The first kappa shape index (κ1) is 52.4. The van der Waals surface area contributed by atoms with Crippen LogP contribution in [-0.2, 0) is 28.6 Å². The molecule has 54 heavy (non-hydrogen) atoms. The first-order chi connectivity index (χ1) is 26.0. The van der Waals surface area contributed by atoms with Gasteiger partial charge in [-0.15, -0.1) is 0 Å².